The summed E-state index contributed by atoms with van der Waals surface area (Å²) in [5.41, 5.74) is 8.63. The Hall–Kier alpha value is -4.28. The Kier molecular flexibility index (Phi) is 8.20. The molecule has 212 valence electrons. The molecule has 1 atom stereocenters. The molecule has 2 aromatic heterocycles. The Morgan fingerprint density at radius 2 is 1.83 bits per heavy atom. The number of piperidine rings is 1. The van der Waals surface area contributed by atoms with Crippen LogP contribution in [0.1, 0.15) is 31.7 Å². The molecular formula is C31H35N7O3. The van der Waals surface area contributed by atoms with Crippen molar-refractivity contribution in [3.63, 3.8) is 0 Å². The molecule has 2 aliphatic heterocycles. The van der Waals surface area contributed by atoms with E-state index in [1.165, 1.54) is 6.33 Å². The number of nitrogens with two attached hydrogens (primary N) is 1. The first-order valence-corrected chi connectivity index (χ1v) is 14.2. The number of benzene rings is 2. The van der Waals surface area contributed by atoms with Crippen LogP contribution in [-0.4, -0.2) is 69.4 Å². The second-order valence-electron chi connectivity index (χ2n) is 10.5. The van der Waals surface area contributed by atoms with Gasteiger partial charge < -0.3 is 25.4 Å². The highest BCUT2D eigenvalue weighted by Gasteiger charge is 2.28. The van der Waals surface area contributed by atoms with Crippen LogP contribution in [0.4, 0.5) is 5.82 Å². The lowest BCUT2D eigenvalue weighted by Gasteiger charge is -2.32. The molecule has 1 unspecified atom stereocenters. The highest BCUT2D eigenvalue weighted by atomic mass is 16.5. The van der Waals surface area contributed by atoms with Gasteiger partial charge in [-0.05, 0) is 62.1 Å². The number of nitrogens with zero attached hydrogens (tertiary/aromatic N) is 5. The predicted octanol–water partition coefficient (Wildman–Crippen LogP) is 4.36. The molecule has 6 rings (SSSR count). The van der Waals surface area contributed by atoms with Crippen molar-refractivity contribution in [2.45, 2.75) is 37.8 Å². The number of aromatic nitrogens is 4. The van der Waals surface area contributed by atoms with Gasteiger partial charge in [0.15, 0.2) is 5.65 Å². The molecule has 2 fully saturated rings. The average molecular weight is 554 g/mol. The lowest BCUT2D eigenvalue weighted by atomic mass is 10.1. The van der Waals surface area contributed by atoms with E-state index in [1.54, 1.807) is 6.08 Å². The van der Waals surface area contributed by atoms with Crippen LogP contribution in [0.2, 0.25) is 0 Å². The minimum atomic E-state index is -0.0206. The number of nitrogens with one attached hydrogen (secondary N) is 1. The van der Waals surface area contributed by atoms with Gasteiger partial charge in [-0.3, -0.25) is 4.79 Å². The summed E-state index contributed by atoms with van der Waals surface area (Å²) in [6.45, 7) is 3.54. The zero-order chi connectivity index (χ0) is 28.0. The summed E-state index contributed by atoms with van der Waals surface area (Å²) >= 11 is 0. The molecule has 4 heterocycles. The van der Waals surface area contributed by atoms with E-state index in [4.69, 9.17) is 20.3 Å². The third kappa shape index (κ3) is 6.23. The fourth-order valence-corrected chi connectivity index (χ4v) is 5.51. The third-order valence-electron chi connectivity index (χ3n) is 7.68. The SMILES string of the molecule is Nc1ncnc2c1c(-c1ccc(Oc3ccccc3)cc1)nn2C1CCCN(C(=O)/C=C/CNC2CCOCC2)C1. The maximum atomic E-state index is 13.0. The van der Waals surface area contributed by atoms with E-state index in [2.05, 4.69) is 15.3 Å². The maximum absolute atomic E-state index is 13.0. The topological polar surface area (TPSA) is 120 Å². The smallest absolute Gasteiger partial charge is 0.246 e. The number of nitrogen functional groups attached to an aromatic ring is 1. The minimum absolute atomic E-state index is 0.0170. The van der Waals surface area contributed by atoms with Crippen LogP contribution in [0.3, 0.4) is 0 Å². The molecule has 0 saturated carbocycles. The van der Waals surface area contributed by atoms with Crippen molar-refractivity contribution in [1.82, 2.24) is 30.0 Å². The Morgan fingerprint density at radius 1 is 1.05 bits per heavy atom. The van der Waals surface area contributed by atoms with Crippen LogP contribution in [0.25, 0.3) is 22.3 Å². The standard InChI is InChI=1S/C31H35N7O3/c32-30-28-29(22-10-12-26(13-11-22)41-25-7-2-1-3-8-25)36-38(31(28)35-21-34-30)24-6-5-17-37(20-24)27(39)9-4-16-33-23-14-18-40-19-15-23/h1-4,7-13,21,23-24,33H,5-6,14-20H2,(H2,32,34,35)/b9-4+. The molecule has 2 saturated heterocycles. The van der Waals surface area contributed by atoms with Gasteiger partial charge in [-0.2, -0.15) is 5.10 Å². The molecule has 10 heteroatoms. The maximum Gasteiger partial charge on any atom is 0.246 e. The first-order chi connectivity index (χ1) is 20.2. The van der Waals surface area contributed by atoms with E-state index in [0.29, 0.717) is 41.7 Å². The molecule has 1 amide bonds. The first-order valence-electron chi connectivity index (χ1n) is 14.2. The van der Waals surface area contributed by atoms with Gasteiger partial charge in [0.05, 0.1) is 11.4 Å². The molecule has 0 bridgehead atoms. The van der Waals surface area contributed by atoms with Crippen molar-refractivity contribution in [3.8, 4) is 22.8 Å². The molecular weight excluding hydrogens is 518 g/mol. The molecule has 4 aromatic rings. The van der Waals surface area contributed by atoms with E-state index in [-0.39, 0.29) is 11.9 Å². The summed E-state index contributed by atoms with van der Waals surface area (Å²) in [6, 6.07) is 17.8. The largest absolute Gasteiger partial charge is 0.457 e. The fraction of sp³-hybridized carbons (Fsp3) is 0.355. The van der Waals surface area contributed by atoms with Crippen LogP contribution >= 0.6 is 0 Å². The average Bonchev–Trinajstić information content (AvgIpc) is 3.42. The number of rotatable bonds is 8. The summed E-state index contributed by atoms with van der Waals surface area (Å²) in [7, 11) is 0. The molecule has 2 aromatic carbocycles. The summed E-state index contributed by atoms with van der Waals surface area (Å²) in [5, 5.41) is 9.20. The Labute approximate surface area is 239 Å². The predicted molar refractivity (Wildman–Crippen MR) is 158 cm³/mol. The van der Waals surface area contributed by atoms with Crippen molar-refractivity contribution >= 4 is 22.8 Å². The number of fused-ring (bicyclic) bond motifs is 1. The van der Waals surface area contributed by atoms with E-state index < -0.39 is 0 Å². The summed E-state index contributed by atoms with van der Waals surface area (Å²) in [6.07, 6.45) is 8.86. The summed E-state index contributed by atoms with van der Waals surface area (Å²) < 4.78 is 13.3. The molecule has 3 N–H and O–H groups in total. The van der Waals surface area contributed by atoms with Gasteiger partial charge in [0, 0.05) is 50.5 Å². The van der Waals surface area contributed by atoms with Gasteiger partial charge in [0.2, 0.25) is 5.91 Å². The monoisotopic (exact) mass is 553 g/mol. The third-order valence-corrected chi connectivity index (χ3v) is 7.68. The number of anilines is 1. The summed E-state index contributed by atoms with van der Waals surface area (Å²) in [5.74, 6) is 1.90. The van der Waals surface area contributed by atoms with Crippen LogP contribution in [-0.2, 0) is 9.53 Å². The normalized spacial score (nSPS) is 18.2. The number of carbonyl (C=O) groups excluding carboxylic acids is 1. The molecule has 41 heavy (non-hydrogen) atoms. The summed E-state index contributed by atoms with van der Waals surface area (Å²) in [4.78, 5) is 23.7. The number of ether oxygens (including phenoxy) is 2. The molecule has 2 aliphatic rings. The first kappa shape index (κ1) is 26.9. The van der Waals surface area contributed by atoms with E-state index in [9.17, 15) is 4.79 Å². The number of amides is 1. The van der Waals surface area contributed by atoms with Crippen molar-refractivity contribution in [3.05, 3.63) is 73.1 Å². The van der Waals surface area contributed by atoms with Crippen LogP contribution in [0.15, 0.2) is 73.1 Å². The van der Waals surface area contributed by atoms with Crippen molar-refractivity contribution in [2.75, 3.05) is 38.6 Å². The second-order valence-corrected chi connectivity index (χ2v) is 10.5. The van der Waals surface area contributed by atoms with Crippen molar-refractivity contribution < 1.29 is 14.3 Å². The Bertz CT molecular complexity index is 1500. The van der Waals surface area contributed by atoms with Crippen LogP contribution < -0.4 is 15.8 Å². The number of carbonyl (C=O) groups is 1. The van der Waals surface area contributed by atoms with Gasteiger partial charge in [0.25, 0.3) is 0 Å². The quantitative estimate of drug-likeness (QED) is 0.309. The number of hydrogen-bond acceptors (Lipinski definition) is 8. The van der Waals surface area contributed by atoms with Gasteiger partial charge in [-0.25, -0.2) is 14.6 Å². The molecule has 0 radical (unpaired) electrons. The molecule has 0 spiro atoms. The number of hydrogen-bond donors (Lipinski definition) is 2. The Balaban J connectivity index is 1.18. The lowest BCUT2D eigenvalue weighted by Crippen LogP contribution is -2.40. The number of likely N-dealkylation sites (tertiary alicyclic amines) is 1. The van der Waals surface area contributed by atoms with Gasteiger partial charge in [0.1, 0.15) is 29.3 Å². The highest BCUT2D eigenvalue weighted by molar-refractivity contribution is 5.98. The van der Waals surface area contributed by atoms with Crippen molar-refractivity contribution in [1.29, 1.82) is 0 Å². The van der Waals surface area contributed by atoms with Gasteiger partial charge in [-0.15, -0.1) is 0 Å². The van der Waals surface area contributed by atoms with Crippen LogP contribution in [0.5, 0.6) is 11.5 Å². The van der Waals surface area contributed by atoms with E-state index >= 15 is 0 Å². The van der Waals surface area contributed by atoms with Gasteiger partial charge >= 0.3 is 0 Å². The van der Waals surface area contributed by atoms with Gasteiger partial charge in [-0.1, -0.05) is 24.3 Å². The molecule has 10 nitrogen and oxygen atoms in total. The minimum Gasteiger partial charge on any atom is -0.457 e. The van der Waals surface area contributed by atoms with Crippen molar-refractivity contribution in [2.24, 2.45) is 0 Å². The van der Waals surface area contributed by atoms with Crippen LogP contribution in [0, 0.1) is 0 Å². The zero-order valence-corrected chi connectivity index (χ0v) is 23.0. The zero-order valence-electron chi connectivity index (χ0n) is 23.0. The Morgan fingerprint density at radius 3 is 2.63 bits per heavy atom. The highest BCUT2D eigenvalue weighted by Crippen LogP contribution is 2.35. The van der Waals surface area contributed by atoms with E-state index in [0.717, 1.165) is 62.5 Å². The molecule has 0 aliphatic carbocycles. The lowest BCUT2D eigenvalue weighted by molar-refractivity contribution is -0.127. The number of para-hydroxylation sites is 1. The second kappa shape index (κ2) is 12.5. The van der Waals surface area contributed by atoms with E-state index in [1.807, 2.05) is 70.3 Å². The fourth-order valence-electron chi connectivity index (χ4n) is 5.51.